The lowest BCUT2D eigenvalue weighted by Gasteiger charge is -2.07. The van der Waals surface area contributed by atoms with Crippen LogP contribution in [0.5, 0.6) is 0 Å². The molecule has 0 aliphatic carbocycles. The van der Waals surface area contributed by atoms with Crippen LogP contribution >= 0.6 is 0 Å². The highest BCUT2D eigenvalue weighted by Gasteiger charge is 2.30. The van der Waals surface area contributed by atoms with Gasteiger partial charge in [-0.2, -0.15) is 13.2 Å². The smallest absolute Gasteiger partial charge is 0.253 e. The van der Waals surface area contributed by atoms with Gasteiger partial charge in [0.25, 0.3) is 0 Å². The van der Waals surface area contributed by atoms with Gasteiger partial charge in [0, 0.05) is 5.71 Å². The van der Waals surface area contributed by atoms with Crippen LogP contribution in [0.2, 0.25) is 0 Å². The Hall–Kier alpha value is -2.10. The van der Waals surface area contributed by atoms with Crippen LogP contribution in [0.25, 0.3) is 0 Å². The molecule has 98 valence electrons. The Morgan fingerprint density at radius 1 is 0.947 bits per heavy atom. The molecule has 1 nitrogen and oxygen atoms in total. The van der Waals surface area contributed by atoms with Gasteiger partial charge in [-0.3, -0.25) is 4.99 Å². The Bertz CT molecular complexity index is 586. The summed E-state index contributed by atoms with van der Waals surface area (Å²) in [6.07, 6.45) is -4.34. The van der Waals surface area contributed by atoms with Crippen LogP contribution in [-0.4, -0.2) is 5.71 Å². The van der Waals surface area contributed by atoms with E-state index in [1.165, 1.54) is 6.07 Å². The number of aliphatic imine (C=N–C) groups is 1. The first-order valence-electron chi connectivity index (χ1n) is 5.75. The summed E-state index contributed by atoms with van der Waals surface area (Å²) in [6.45, 7) is 1.77. The molecular formula is C15H12F3N. The van der Waals surface area contributed by atoms with E-state index in [0.29, 0.717) is 11.4 Å². The van der Waals surface area contributed by atoms with Crippen molar-refractivity contribution in [3.8, 4) is 0 Å². The summed E-state index contributed by atoms with van der Waals surface area (Å²) in [7, 11) is 0. The van der Waals surface area contributed by atoms with E-state index in [0.717, 1.165) is 17.7 Å². The lowest BCUT2D eigenvalue weighted by Crippen LogP contribution is -2.04. The van der Waals surface area contributed by atoms with Crippen molar-refractivity contribution >= 4 is 11.4 Å². The molecule has 2 rings (SSSR count). The van der Waals surface area contributed by atoms with Gasteiger partial charge in [-0.25, -0.2) is 0 Å². The first-order valence-corrected chi connectivity index (χ1v) is 5.75. The third kappa shape index (κ3) is 3.44. The highest BCUT2D eigenvalue weighted by Crippen LogP contribution is 2.31. The van der Waals surface area contributed by atoms with Gasteiger partial charge >= 0.3 is 6.18 Å². The van der Waals surface area contributed by atoms with Gasteiger partial charge in [-0.15, -0.1) is 0 Å². The third-order valence-electron chi connectivity index (χ3n) is 2.66. The molecule has 0 atom stereocenters. The van der Waals surface area contributed by atoms with E-state index in [-0.39, 0.29) is 0 Å². The van der Waals surface area contributed by atoms with Gasteiger partial charge in [0.1, 0.15) is 0 Å². The summed E-state index contributed by atoms with van der Waals surface area (Å²) in [4.78, 5) is 4.22. The second-order valence-electron chi connectivity index (χ2n) is 4.11. The van der Waals surface area contributed by atoms with Crippen molar-refractivity contribution in [3.05, 3.63) is 65.7 Å². The maximum absolute atomic E-state index is 12.6. The van der Waals surface area contributed by atoms with Crippen LogP contribution in [-0.2, 0) is 6.18 Å². The van der Waals surface area contributed by atoms with E-state index in [2.05, 4.69) is 4.99 Å². The maximum Gasteiger partial charge on any atom is 0.416 e. The molecule has 0 radical (unpaired) electrons. The monoisotopic (exact) mass is 263 g/mol. The van der Waals surface area contributed by atoms with Crippen molar-refractivity contribution in [1.29, 1.82) is 0 Å². The fraction of sp³-hybridized carbons (Fsp3) is 0.133. The summed E-state index contributed by atoms with van der Waals surface area (Å²) < 4.78 is 37.7. The second kappa shape index (κ2) is 5.26. The average Bonchev–Trinajstić information content (AvgIpc) is 2.39. The van der Waals surface area contributed by atoms with Crippen molar-refractivity contribution in [2.75, 3.05) is 0 Å². The SMILES string of the molecule is C/C(=N\c1cccc(C(F)(F)F)c1)c1ccccc1. The van der Waals surface area contributed by atoms with Crippen molar-refractivity contribution in [2.24, 2.45) is 4.99 Å². The lowest BCUT2D eigenvalue weighted by molar-refractivity contribution is -0.137. The fourth-order valence-electron chi connectivity index (χ4n) is 1.69. The number of hydrogen-bond acceptors (Lipinski definition) is 1. The molecule has 19 heavy (non-hydrogen) atoms. The minimum atomic E-state index is -4.34. The number of rotatable bonds is 2. The summed E-state index contributed by atoms with van der Waals surface area (Å²) in [5.74, 6) is 0. The van der Waals surface area contributed by atoms with E-state index in [1.807, 2.05) is 30.3 Å². The molecule has 0 aromatic heterocycles. The summed E-state index contributed by atoms with van der Waals surface area (Å²) >= 11 is 0. The highest BCUT2D eigenvalue weighted by atomic mass is 19.4. The highest BCUT2D eigenvalue weighted by molar-refractivity contribution is 6.00. The molecule has 0 aliphatic heterocycles. The topological polar surface area (TPSA) is 12.4 Å². The second-order valence-corrected chi connectivity index (χ2v) is 4.11. The van der Waals surface area contributed by atoms with Crippen LogP contribution < -0.4 is 0 Å². The molecule has 4 heteroatoms. The maximum atomic E-state index is 12.6. The molecule has 0 saturated carbocycles. The molecule has 2 aromatic rings. The zero-order valence-corrected chi connectivity index (χ0v) is 10.3. The van der Waals surface area contributed by atoms with Crippen LogP contribution in [0.15, 0.2) is 59.6 Å². The largest absolute Gasteiger partial charge is 0.416 e. The van der Waals surface area contributed by atoms with Gasteiger partial charge in [0.05, 0.1) is 11.3 Å². The van der Waals surface area contributed by atoms with Crippen LogP contribution in [0.3, 0.4) is 0 Å². The van der Waals surface area contributed by atoms with Gasteiger partial charge in [0.15, 0.2) is 0 Å². The Morgan fingerprint density at radius 2 is 1.63 bits per heavy atom. The Balaban J connectivity index is 2.33. The predicted molar refractivity (Wildman–Crippen MR) is 69.8 cm³/mol. The Labute approximate surface area is 109 Å². The summed E-state index contributed by atoms with van der Waals surface area (Å²) in [5, 5.41) is 0. The number of nitrogens with zero attached hydrogens (tertiary/aromatic N) is 1. The van der Waals surface area contributed by atoms with E-state index >= 15 is 0 Å². The van der Waals surface area contributed by atoms with Gasteiger partial charge in [-0.1, -0.05) is 36.4 Å². The number of benzene rings is 2. The van der Waals surface area contributed by atoms with E-state index in [1.54, 1.807) is 13.0 Å². The molecule has 0 aliphatic rings. The first-order chi connectivity index (χ1) is 8.97. The fourth-order valence-corrected chi connectivity index (χ4v) is 1.69. The summed E-state index contributed by atoms with van der Waals surface area (Å²) in [5.41, 5.74) is 1.19. The molecule has 0 fully saturated rings. The first kappa shape index (κ1) is 13.3. The molecule has 0 heterocycles. The van der Waals surface area contributed by atoms with E-state index in [4.69, 9.17) is 0 Å². The van der Waals surface area contributed by atoms with Gasteiger partial charge < -0.3 is 0 Å². The molecule has 2 aromatic carbocycles. The van der Waals surface area contributed by atoms with Crippen molar-refractivity contribution in [3.63, 3.8) is 0 Å². The van der Waals surface area contributed by atoms with Crippen molar-refractivity contribution < 1.29 is 13.2 Å². The minimum absolute atomic E-state index is 0.302. The third-order valence-corrected chi connectivity index (χ3v) is 2.66. The van der Waals surface area contributed by atoms with Crippen molar-refractivity contribution in [2.45, 2.75) is 13.1 Å². The molecule has 0 saturated heterocycles. The Morgan fingerprint density at radius 3 is 2.26 bits per heavy atom. The summed E-state index contributed by atoms with van der Waals surface area (Å²) in [6, 6.07) is 14.3. The Kier molecular flexibility index (Phi) is 3.69. The van der Waals surface area contributed by atoms with Gasteiger partial charge in [-0.05, 0) is 30.7 Å². The quantitative estimate of drug-likeness (QED) is 0.687. The van der Waals surface area contributed by atoms with E-state index < -0.39 is 11.7 Å². The molecule has 0 amide bonds. The molecular weight excluding hydrogens is 251 g/mol. The average molecular weight is 263 g/mol. The zero-order chi connectivity index (χ0) is 13.9. The van der Waals surface area contributed by atoms with Gasteiger partial charge in [0.2, 0.25) is 0 Å². The number of halogens is 3. The number of hydrogen-bond donors (Lipinski definition) is 0. The molecule has 0 unspecified atom stereocenters. The van der Waals surface area contributed by atoms with Crippen LogP contribution in [0.1, 0.15) is 18.1 Å². The van der Waals surface area contributed by atoms with Crippen LogP contribution in [0, 0.1) is 0 Å². The zero-order valence-electron chi connectivity index (χ0n) is 10.3. The van der Waals surface area contributed by atoms with Crippen LogP contribution in [0.4, 0.5) is 18.9 Å². The molecule has 0 N–H and O–H groups in total. The predicted octanol–water partition coefficient (Wildman–Crippen LogP) is 4.85. The molecule has 0 bridgehead atoms. The molecule has 0 spiro atoms. The number of alkyl halides is 3. The standard InChI is InChI=1S/C15H12F3N/c1-11(12-6-3-2-4-7-12)19-14-9-5-8-13(10-14)15(16,17)18/h2-10H,1H3/b19-11+. The van der Waals surface area contributed by atoms with E-state index in [9.17, 15) is 13.2 Å². The normalized spacial score (nSPS) is 12.5. The lowest BCUT2D eigenvalue weighted by atomic mass is 10.1. The minimum Gasteiger partial charge on any atom is -0.253 e. The van der Waals surface area contributed by atoms with Crippen molar-refractivity contribution in [1.82, 2.24) is 0 Å².